The Labute approximate surface area is 209 Å². The van der Waals surface area contributed by atoms with E-state index in [0.717, 1.165) is 22.9 Å². The quantitative estimate of drug-likeness (QED) is 0.318. The van der Waals surface area contributed by atoms with Crippen molar-refractivity contribution in [3.63, 3.8) is 0 Å². The second-order valence-electron chi connectivity index (χ2n) is 9.84. The molecule has 4 aromatic rings. The van der Waals surface area contributed by atoms with Gasteiger partial charge in [-0.15, -0.1) is 0 Å². The summed E-state index contributed by atoms with van der Waals surface area (Å²) in [5.41, 5.74) is 2.32. The number of carbonyl (C=O) groups is 2. The third-order valence-corrected chi connectivity index (χ3v) is 5.66. The van der Waals surface area contributed by atoms with Crippen LogP contribution in [0.3, 0.4) is 0 Å². The number of nitrogens with zero attached hydrogens (tertiary/aromatic N) is 2. The van der Waals surface area contributed by atoms with Crippen molar-refractivity contribution in [2.75, 3.05) is 5.32 Å². The van der Waals surface area contributed by atoms with Crippen molar-refractivity contribution in [3.05, 3.63) is 78.1 Å². The fourth-order valence-corrected chi connectivity index (χ4v) is 3.96. The van der Waals surface area contributed by atoms with Crippen molar-refractivity contribution < 1.29 is 23.5 Å². The van der Waals surface area contributed by atoms with Crippen LogP contribution in [0.4, 0.5) is 10.7 Å². The van der Waals surface area contributed by atoms with Crippen LogP contribution >= 0.6 is 0 Å². The maximum absolute atomic E-state index is 13.3. The summed E-state index contributed by atoms with van der Waals surface area (Å²) in [7, 11) is 0. The number of fused-ring (bicyclic) bond motifs is 1. The number of alkyl carbamates (subject to hydrolysis) is 1. The van der Waals surface area contributed by atoms with Crippen molar-refractivity contribution in [2.24, 2.45) is 0 Å². The van der Waals surface area contributed by atoms with Crippen LogP contribution in [0.2, 0.25) is 0 Å². The smallest absolute Gasteiger partial charge is 0.408 e. The largest absolute Gasteiger partial charge is 0.444 e. The molecule has 0 spiro atoms. The van der Waals surface area contributed by atoms with Crippen LogP contribution in [-0.2, 0) is 22.4 Å². The van der Waals surface area contributed by atoms with Gasteiger partial charge in [0.1, 0.15) is 11.6 Å². The number of aromatic amines is 1. The molecule has 0 saturated heterocycles. The van der Waals surface area contributed by atoms with E-state index in [9.17, 15) is 9.59 Å². The van der Waals surface area contributed by atoms with Gasteiger partial charge in [-0.3, -0.25) is 14.6 Å². The first-order chi connectivity index (χ1) is 17.2. The average molecular weight is 491 g/mol. The molecule has 4 rings (SSSR count). The van der Waals surface area contributed by atoms with Crippen LogP contribution in [0, 0.1) is 0 Å². The normalized spacial score (nSPS) is 13.2. The molecule has 188 valence electrons. The minimum absolute atomic E-state index is 0.0173. The van der Waals surface area contributed by atoms with E-state index >= 15 is 0 Å². The lowest BCUT2D eigenvalue weighted by Gasteiger charge is -2.23. The van der Waals surface area contributed by atoms with E-state index in [1.807, 2.05) is 55.6 Å². The Bertz CT molecular complexity index is 1320. The zero-order chi connectivity index (χ0) is 25.7. The van der Waals surface area contributed by atoms with E-state index in [1.165, 1.54) is 5.56 Å². The Balaban J connectivity index is 1.48. The summed E-state index contributed by atoms with van der Waals surface area (Å²) in [5, 5.41) is 10.5. The zero-order valence-electron chi connectivity index (χ0n) is 20.9. The van der Waals surface area contributed by atoms with E-state index in [-0.39, 0.29) is 18.3 Å². The molecule has 2 atom stereocenters. The molecule has 0 saturated carbocycles. The minimum atomic E-state index is -0.903. The predicted molar refractivity (Wildman–Crippen MR) is 135 cm³/mol. The molecule has 36 heavy (non-hydrogen) atoms. The van der Waals surface area contributed by atoms with Crippen LogP contribution in [0.15, 0.2) is 71.5 Å². The third-order valence-electron chi connectivity index (χ3n) is 5.66. The van der Waals surface area contributed by atoms with E-state index in [0.29, 0.717) is 0 Å². The second kappa shape index (κ2) is 10.6. The highest BCUT2D eigenvalue weighted by molar-refractivity contribution is 5.96. The number of hydrogen-bond donors (Lipinski definition) is 3. The Morgan fingerprint density at radius 3 is 2.56 bits per heavy atom. The third kappa shape index (κ3) is 6.50. The van der Waals surface area contributed by atoms with E-state index < -0.39 is 23.6 Å². The molecule has 0 bridgehead atoms. The highest BCUT2D eigenvalue weighted by Crippen LogP contribution is 2.20. The number of amides is 2. The first kappa shape index (κ1) is 25.0. The summed E-state index contributed by atoms with van der Waals surface area (Å²) in [6.45, 7) is 7.33. The van der Waals surface area contributed by atoms with Gasteiger partial charge in [0.05, 0.1) is 0 Å². The number of aromatic nitrogens is 3. The molecule has 0 aliphatic carbocycles. The van der Waals surface area contributed by atoms with E-state index in [4.69, 9.17) is 9.26 Å². The van der Waals surface area contributed by atoms with Crippen molar-refractivity contribution in [2.45, 2.75) is 58.2 Å². The Kier molecular flexibility index (Phi) is 7.38. The molecule has 2 aromatic carbocycles. The standard InChI is InChI=1S/C27H31N5O4/c1-18(14-19-10-6-5-7-11-19)32-17-24(36-31-32)30-25(33)23(29-26(34)35-27(2,3)4)15-20-16-28-22-13-9-8-12-21(20)22/h5-13,16-18,23,28H,14-15H2,1-4H3,(H-,29,30,31,33,34)/p+1. The number of ether oxygens (including phenoxy) is 1. The molecule has 9 nitrogen and oxygen atoms in total. The lowest BCUT2D eigenvalue weighted by atomic mass is 10.0. The van der Waals surface area contributed by atoms with Gasteiger partial charge in [-0.1, -0.05) is 48.5 Å². The molecule has 0 fully saturated rings. The minimum Gasteiger partial charge on any atom is -0.444 e. The zero-order valence-corrected chi connectivity index (χ0v) is 20.9. The molecule has 3 N–H and O–H groups in total. The molecule has 0 radical (unpaired) electrons. The van der Waals surface area contributed by atoms with Crippen LogP contribution in [0.25, 0.3) is 10.9 Å². The lowest BCUT2D eigenvalue weighted by Crippen LogP contribution is -2.47. The molecule has 9 heteroatoms. The Hall–Kier alpha value is -4.14. The summed E-state index contributed by atoms with van der Waals surface area (Å²) in [5.74, 6) is -0.250. The van der Waals surface area contributed by atoms with Gasteiger partial charge in [-0.25, -0.2) is 4.79 Å². The summed E-state index contributed by atoms with van der Waals surface area (Å²) in [4.78, 5) is 29.0. The van der Waals surface area contributed by atoms with Crippen LogP contribution in [0.5, 0.6) is 0 Å². The Morgan fingerprint density at radius 2 is 1.81 bits per heavy atom. The maximum Gasteiger partial charge on any atom is 0.408 e. The Morgan fingerprint density at radius 1 is 1.08 bits per heavy atom. The number of carbonyl (C=O) groups excluding carboxylic acids is 2. The molecular weight excluding hydrogens is 458 g/mol. The molecular formula is C27H32N5O4+. The second-order valence-corrected chi connectivity index (χ2v) is 9.84. The fourth-order valence-electron chi connectivity index (χ4n) is 3.96. The topological polar surface area (TPSA) is 113 Å². The summed E-state index contributed by atoms with van der Waals surface area (Å²) >= 11 is 0. The predicted octanol–water partition coefficient (Wildman–Crippen LogP) is 4.32. The van der Waals surface area contributed by atoms with Crippen molar-refractivity contribution in [3.8, 4) is 0 Å². The number of hydrogen-bond acceptors (Lipinski definition) is 5. The van der Waals surface area contributed by atoms with Gasteiger partial charge >= 0.3 is 12.0 Å². The van der Waals surface area contributed by atoms with Gasteiger partial charge in [0, 0.05) is 36.9 Å². The number of para-hydroxylation sites is 1. The number of benzene rings is 2. The van der Waals surface area contributed by atoms with Crippen molar-refractivity contribution in [1.29, 1.82) is 0 Å². The summed E-state index contributed by atoms with van der Waals surface area (Å²) < 4.78 is 12.4. The van der Waals surface area contributed by atoms with Crippen molar-refractivity contribution >= 4 is 28.8 Å². The number of nitrogens with one attached hydrogen (secondary N) is 3. The van der Waals surface area contributed by atoms with Crippen LogP contribution in [0.1, 0.15) is 44.9 Å². The monoisotopic (exact) mass is 490 g/mol. The van der Waals surface area contributed by atoms with Gasteiger partial charge in [-0.2, -0.15) is 0 Å². The molecule has 2 heterocycles. The number of rotatable bonds is 8. The lowest BCUT2D eigenvalue weighted by molar-refractivity contribution is -0.782. The summed E-state index contributed by atoms with van der Waals surface area (Å²) in [6.07, 6.45) is 3.83. The van der Waals surface area contributed by atoms with Gasteiger partial charge in [0.2, 0.25) is 11.2 Å². The van der Waals surface area contributed by atoms with Crippen molar-refractivity contribution in [1.82, 2.24) is 15.6 Å². The first-order valence-corrected chi connectivity index (χ1v) is 12.0. The van der Waals surface area contributed by atoms with Gasteiger partial charge < -0.3 is 15.0 Å². The maximum atomic E-state index is 13.3. The number of anilines is 1. The molecule has 2 amide bonds. The average Bonchev–Trinajstić information content (AvgIpc) is 3.45. The van der Waals surface area contributed by atoms with Gasteiger partial charge in [-0.05, 0) is 42.6 Å². The molecule has 2 aromatic heterocycles. The van der Waals surface area contributed by atoms with Crippen LogP contribution < -0.4 is 15.3 Å². The molecule has 0 aliphatic heterocycles. The van der Waals surface area contributed by atoms with E-state index in [1.54, 1.807) is 31.6 Å². The van der Waals surface area contributed by atoms with Gasteiger partial charge in [0.15, 0.2) is 6.04 Å². The SMILES string of the molecule is CC(Cc1ccccc1)[n+]1cc(NC(=O)C(Cc2c[nH]c3ccccc23)NC(=O)OC(C)(C)C)on1. The first-order valence-electron chi connectivity index (χ1n) is 12.0. The number of H-pyrrole nitrogens is 1. The van der Waals surface area contributed by atoms with E-state index in [2.05, 4.69) is 33.0 Å². The summed E-state index contributed by atoms with van der Waals surface area (Å²) in [6, 6.07) is 17.0. The van der Waals surface area contributed by atoms with Crippen LogP contribution in [-0.4, -0.2) is 33.9 Å². The highest BCUT2D eigenvalue weighted by atomic mass is 16.6. The highest BCUT2D eigenvalue weighted by Gasteiger charge is 2.28. The van der Waals surface area contributed by atoms with Gasteiger partial charge in [0.25, 0.3) is 6.20 Å². The fraction of sp³-hybridized carbons (Fsp3) is 0.333. The molecule has 0 aliphatic rings. The molecule has 2 unspecified atom stereocenters.